The van der Waals surface area contributed by atoms with Crippen LogP contribution in [0.25, 0.3) is 10.9 Å². The molecule has 0 amide bonds. The molecule has 1 aromatic heterocycles. The van der Waals surface area contributed by atoms with Crippen molar-refractivity contribution in [3.05, 3.63) is 46.8 Å². The van der Waals surface area contributed by atoms with Crippen LogP contribution in [-0.4, -0.2) is 4.98 Å². The molecule has 0 bridgehead atoms. The largest absolute Gasteiger partial charge is 0.361 e. The van der Waals surface area contributed by atoms with E-state index in [1.165, 1.54) is 6.07 Å². The summed E-state index contributed by atoms with van der Waals surface area (Å²) < 4.78 is 0. The highest BCUT2D eigenvalue weighted by molar-refractivity contribution is 5.77. The van der Waals surface area contributed by atoms with Crippen molar-refractivity contribution in [2.45, 2.75) is 0 Å². The molecule has 0 atom stereocenters. The summed E-state index contributed by atoms with van der Waals surface area (Å²) in [5, 5.41) is 0.745. The SMILES string of the molecule is O=c1cc[nH]c2ccccc12.[HH]. The first-order chi connectivity index (χ1) is 5.38. The maximum Gasteiger partial charge on any atom is 0.189 e. The summed E-state index contributed by atoms with van der Waals surface area (Å²) in [4.78, 5) is 14.2. The predicted octanol–water partition coefficient (Wildman–Crippen LogP) is 1.77. The fourth-order valence-electron chi connectivity index (χ4n) is 1.12. The summed E-state index contributed by atoms with van der Waals surface area (Å²) in [6, 6.07) is 8.99. The van der Waals surface area contributed by atoms with Crippen LogP contribution in [0.3, 0.4) is 0 Å². The van der Waals surface area contributed by atoms with E-state index in [-0.39, 0.29) is 6.86 Å². The van der Waals surface area contributed by atoms with E-state index in [0.717, 1.165) is 10.9 Å². The van der Waals surface area contributed by atoms with Gasteiger partial charge >= 0.3 is 0 Å². The van der Waals surface area contributed by atoms with Crippen LogP contribution in [0.4, 0.5) is 0 Å². The van der Waals surface area contributed by atoms with Gasteiger partial charge in [-0.25, -0.2) is 0 Å². The standard InChI is InChI=1S/C9H7NO.H2/c11-9-5-6-10-8-4-2-1-3-7(8)9;/h1-6H,(H,10,11);1H. The molecule has 1 heterocycles. The van der Waals surface area contributed by atoms with E-state index >= 15 is 0 Å². The molecule has 0 unspecified atom stereocenters. The number of aromatic amines is 1. The number of H-pyrrole nitrogens is 1. The van der Waals surface area contributed by atoms with Crippen LogP contribution in [0.15, 0.2) is 41.3 Å². The smallest absolute Gasteiger partial charge is 0.189 e. The Kier molecular flexibility index (Phi) is 1.25. The number of fused-ring (bicyclic) bond motifs is 1. The Balaban J connectivity index is 0.000000720. The minimum Gasteiger partial charge on any atom is -0.361 e. The summed E-state index contributed by atoms with van der Waals surface area (Å²) in [5.74, 6) is 0. The van der Waals surface area contributed by atoms with Crippen LogP contribution < -0.4 is 5.43 Å². The molecule has 0 aliphatic heterocycles. The molecule has 0 radical (unpaired) electrons. The monoisotopic (exact) mass is 147 g/mol. The lowest BCUT2D eigenvalue weighted by Gasteiger charge is -1.92. The summed E-state index contributed by atoms with van der Waals surface area (Å²) in [7, 11) is 0. The summed E-state index contributed by atoms with van der Waals surface area (Å²) in [6.45, 7) is 0. The van der Waals surface area contributed by atoms with Crippen LogP contribution in [0.2, 0.25) is 0 Å². The highest BCUT2D eigenvalue weighted by Crippen LogP contribution is 2.03. The first-order valence-electron chi connectivity index (χ1n) is 3.44. The van der Waals surface area contributed by atoms with E-state index in [4.69, 9.17) is 0 Å². The van der Waals surface area contributed by atoms with Gasteiger partial charge in [-0.2, -0.15) is 0 Å². The van der Waals surface area contributed by atoms with Crippen LogP contribution >= 0.6 is 0 Å². The van der Waals surface area contributed by atoms with E-state index in [0.29, 0.717) is 0 Å². The molecular formula is C9H9NO. The highest BCUT2D eigenvalue weighted by Gasteiger charge is 1.92. The maximum atomic E-state index is 11.2. The number of hydrogen-bond acceptors (Lipinski definition) is 1. The second-order valence-electron chi connectivity index (χ2n) is 2.39. The number of benzene rings is 1. The minimum absolute atomic E-state index is 0. The van der Waals surface area contributed by atoms with Crippen molar-refractivity contribution in [1.29, 1.82) is 0 Å². The van der Waals surface area contributed by atoms with Crippen molar-refractivity contribution in [2.75, 3.05) is 0 Å². The first-order valence-corrected chi connectivity index (χ1v) is 3.44. The first kappa shape index (κ1) is 6.16. The zero-order valence-corrected chi connectivity index (χ0v) is 5.87. The average Bonchev–Trinajstić information content (AvgIpc) is 2.06. The molecular weight excluding hydrogens is 138 g/mol. The topological polar surface area (TPSA) is 32.9 Å². The van der Waals surface area contributed by atoms with Gasteiger partial charge in [0.25, 0.3) is 0 Å². The van der Waals surface area contributed by atoms with Gasteiger partial charge in [0, 0.05) is 24.6 Å². The average molecular weight is 147 g/mol. The van der Waals surface area contributed by atoms with Gasteiger partial charge in [0.15, 0.2) is 5.43 Å². The quantitative estimate of drug-likeness (QED) is 0.605. The van der Waals surface area contributed by atoms with Crippen LogP contribution in [-0.2, 0) is 0 Å². The Morgan fingerprint density at radius 3 is 2.82 bits per heavy atom. The molecule has 0 spiro atoms. The van der Waals surface area contributed by atoms with Gasteiger partial charge in [0.1, 0.15) is 0 Å². The van der Waals surface area contributed by atoms with Gasteiger partial charge in [-0.15, -0.1) is 0 Å². The Morgan fingerprint density at radius 2 is 2.00 bits per heavy atom. The van der Waals surface area contributed by atoms with Crippen molar-refractivity contribution in [3.8, 4) is 0 Å². The normalized spacial score (nSPS) is 10.2. The number of rotatable bonds is 0. The Morgan fingerprint density at radius 1 is 1.18 bits per heavy atom. The molecule has 1 aromatic carbocycles. The van der Waals surface area contributed by atoms with E-state index < -0.39 is 0 Å². The number of hydrogen-bond donors (Lipinski definition) is 1. The Hall–Kier alpha value is -1.57. The van der Waals surface area contributed by atoms with Crippen molar-refractivity contribution >= 4 is 10.9 Å². The van der Waals surface area contributed by atoms with E-state index in [9.17, 15) is 4.79 Å². The third-order valence-electron chi connectivity index (χ3n) is 1.67. The molecule has 0 aliphatic rings. The maximum absolute atomic E-state index is 11.2. The number of nitrogens with one attached hydrogen (secondary N) is 1. The van der Waals surface area contributed by atoms with Crippen molar-refractivity contribution in [2.24, 2.45) is 0 Å². The van der Waals surface area contributed by atoms with Crippen LogP contribution in [0.1, 0.15) is 1.43 Å². The molecule has 2 rings (SSSR count). The fourth-order valence-corrected chi connectivity index (χ4v) is 1.12. The lowest BCUT2D eigenvalue weighted by molar-refractivity contribution is 1.39. The second-order valence-corrected chi connectivity index (χ2v) is 2.39. The third kappa shape index (κ3) is 0.923. The Bertz CT molecular complexity index is 430. The van der Waals surface area contributed by atoms with Gasteiger partial charge < -0.3 is 4.98 Å². The molecule has 0 saturated carbocycles. The van der Waals surface area contributed by atoms with Gasteiger partial charge in [-0.1, -0.05) is 12.1 Å². The number of pyridine rings is 1. The molecule has 2 nitrogen and oxygen atoms in total. The molecule has 0 aliphatic carbocycles. The Labute approximate surface area is 65.0 Å². The van der Waals surface area contributed by atoms with E-state index in [1.54, 1.807) is 6.20 Å². The van der Waals surface area contributed by atoms with Gasteiger partial charge in [0.2, 0.25) is 0 Å². The second kappa shape index (κ2) is 2.23. The highest BCUT2D eigenvalue weighted by atomic mass is 16.1. The van der Waals surface area contributed by atoms with Crippen LogP contribution in [0, 0.1) is 0 Å². The molecule has 2 heteroatoms. The van der Waals surface area contributed by atoms with Crippen molar-refractivity contribution in [3.63, 3.8) is 0 Å². The van der Waals surface area contributed by atoms with Crippen LogP contribution in [0.5, 0.6) is 0 Å². The van der Waals surface area contributed by atoms with Gasteiger partial charge in [-0.05, 0) is 12.1 Å². The third-order valence-corrected chi connectivity index (χ3v) is 1.67. The molecule has 1 N–H and O–H groups in total. The fraction of sp³-hybridized carbons (Fsp3) is 0. The van der Waals surface area contributed by atoms with Gasteiger partial charge in [0.05, 0.1) is 0 Å². The molecule has 11 heavy (non-hydrogen) atoms. The zero-order chi connectivity index (χ0) is 7.68. The van der Waals surface area contributed by atoms with Gasteiger partial charge in [-0.3, -0.25) is 4.79 Å². The lowest BCUT2D eigenvalue weighted by atomic mass is 10.2. The summed E-state index contributed by atoms with van der Waals surface area (Å²) >= 11 is 0. The number of aromatic nitrogens is 1. The van der Waals surface area contributed by atoms with E-state index in [2.05, 4.69) is 4.98 Å². The summed E-state index contributed by atoms with van der Waals surface area (Å²) in [6.07, 6.45) is 1.66. The van der Waals surface area contributed by atoms with E-state index in [1.807, 2.05) is 24.3 Å². The molecule has 56 valence electrons. The van der Waals surface area contributed by atoms with Crippen molar-refractivity contribution in [1.82, 2.24) is 4.98 Å². The molecule has 0 fully saturated rings. The molecule has 0 saturated heterocycles. The van der Waals surface area contributed by atoms with Crippen molar-refractivity contribution < 1.29 is 1.43 Å². The zero-order valence-electron chi connectivity index (χ0n) is 5.87. The number of para-hydroxylation sites is 1. The minimum atomic E-state index is 0. The predicted molar refractivity (Wildman–Crippen MR) is 46.7 cm³/mol. The molecule has 2 aromatic rings. The lowest BCUT2D eigenvalue weighted by Crippen LogP contribution is -1.98. The summed E-state index contributed by atoms with van der Waals surface area (Å²) in [5.41, 5.74) is 0.958.